The van der Waals surface area contributed by atoms with Crippen LogP contribution in [-0.2, 0) is 6.42 Å². The monoisotopic (exact) mass is 227 g/mol. The van der Waals surface area contributed by atoms with Crippen molar-refractivity contribution >= 4 is 5.82 Å². The number of aromatic nitrogens is 1. The molecule has 0 amide bonds. The lowest BCUT2D eigenvalue weighted by Crippen LogP contribution is -2.14. The Kier molecular flexibility index (Phi) is 3.40. The highest BCUT2D eigenvalue weighted by molar-refractivity contribution is 5.34. The summed E-state index contributed by atoms with van der Waals surface area (Å²) in [5.41, 5.74) is 15.4. The van der Waals surface area contributed by atoms with Gasteiger partial charge in [-0.25, -0.2) is 4.98 Å². The van der Waals surface area contributed by atoms with Crippen LogP contribution in [0, 0.1) is 6.92 Å². The third-order valence-electron chi connectivity index (χ3n) is 2.89. The maximum Gasteiger partial charge on any atom is 0.123 e. The van der Waals surface area contributed by atoms with Gasteiger partial charge < -0.3 is 11.5 Å². The molecule has 2 aromatic rings. The maximum atomic E-state index is 6.22. The molecule has 4 N–H and O–H groups in total. The van der Waals surface area contributed by atoms with Gasteiger partial charge in [-0.2, -0.15) is 0 Å². The van der Waals surface area contributed by atoms with Crippen molar-refractivity contribution in [2.45, 2.75) is 19.4 Å². The van der Waals surface area contributed by atoms with E-state index in [0.717, 1.165) is 12.0 Å². The van der Waals surface area contributed by atoms with Gasteiger partial charge in [-0.1, -0.05) is 24.3 Å². The molecule has 2 rings (SSSR count). The fourth-order valence-corrected chi connectivity index (χ4v) is 1.99. The first kappa shape index (κ1) is 11.6. The molecular formula is C14H17N3. The van der Waals surface area contributed by atoms with Gasteiger partial charge in [-0.05, 0) is 42.2 Å². The number of nitrogens with two attached hydrogens (primary N) is 2. The largest absolute Gasteiger partial charge is 0.384 e. The highest BCUT2D eigenvalue weighted by Crippen LogP contribution is 2.19. The molecule has 1 unspecified atom stereocenters. The molecule has 0 fully saturated rings. The van der Waals surface area contributed by atoms with Crippen molar-refractivity contribution in [1.29, 1.82) is 0 Å². The second-order valence-corrected chi connectivity index (χ2v) is 4.26. The zero-order valence-electron chi connectivity index (χ0n) is 9.93. The number of hydrogen-bond acceptors (Lipinski definition) is 3. The number of nitrogens with zero attached hydrogens (tertiary/aromatic N) is 1. The molecule has 0 aliphatic heterocycles. The predicted molar refractivity (Wildman–Crippen MR) is 70.5 cm³/mol. The second kappa shape index (κ2) is 4.97. The number of aryl methyl sites for hydroxylation is 1. The van der Waals surface area contributed by atoms with E-state index in [1.165, 1.54) is 11.1 Å². The van der Waals surface area contributed by atoms with E-state index in [2.05, 4.69) is 24.0 Å². The van der Waals surface area contributed by atoms with Crippen LogP contribution in [0.1, 0.15) is 22.7 Å². The van der Waals surface area contributed by atoms with Gasteiger partial charge in [-0.3, -0.25) is 0 Å². The molecule has 0 aliphatic rings. The first-order valence-electron chi connectivity index (χ1n) is 5.68. The molecule has 3 nitrogen and oxygen atoms in total. The van der Waals surface area contributed by atoms with E-state index in [1.807, 2.05) is 24.3 Å². The van der Waals surface area contributed by atoms with Crippen LogP contribution >= 0.6 is 0 Å². The second-order valence-electron chi connectivity index (χ2n) is 4.26. The molecule has 1 aromatic heterocycles. The van der Waals surface area contributed by atoms with Crippen LogP contribution in [0.15, 0.2) is 42.6 Å². The van der Waals surface area contributed by atoms with Gasteiger partial charge in [0.2, 0.25) is 0 Å². The highest BCUT2D eigenvalue weighted by atomic mass is 14.8. The molecule has 1 heterocycles. The summed E-state index contributed by atoms with van der Waals surface area (Å²) in [7, 11) is 0. The third-order valence-corrected chi connectivity index (χ3v) is 2.89. The summed E-state index contributed by atoms with van der Waals surface area (Å²) < 4.78 is 0. The predicted octanol–water partition coefficient (Wildman–Crippen LogP) is 2.21. The van der Waals surface area contributed by atoms with Gasteiger partial charge in [0, 0.05) is 12.2 Å². The molecule has 17 heavy (non-hydrogen) atoms. The number of rotatable bonds is 3. The Labute approximate surface area is 101 Å². The average molecular weight is 227 g/mol. The summed E-state index contributed by atoms with van der Waals surface area (Å²) in [5, 5.41) is 0. The lowest BCUT2D eigenvalue weighted by molar-refractivity contribution is 0.716. The van der Waals surface area contributed by atoms with Crippen LogP contribution in [-0.4, -0.2) is 4.98 Å². The van der Waals surface area contributed by atoms with E-state index in [-0.39, 0.29) is 6.04 Å². The highest BCUT2D eigenvalue weighted by Gasteiger charge is 2.09. The third kappa shape index (κ3) is 2.82. The Hall–Kier alpha value is -1.87. The molecule has 0 aliphatic carbocycles. The van der Waals surface area contributed by atoms with Crippen molar-refractivity contribution in [3.8, 4) is 0 Å². The van der Waals surface area contributed by atoms with Crippen LogP contribution in [0.4, 0.5) is 5.82 Å². The molecule has 0 saturated heterocycles. The van der Waals surface area contributed by atoms with Gasteiger partial charge >= 0.3 is 0 Å². The summed E-state index contributed by atoms with van der Waals surface area (Å²) in [4.78, 5) is 3.97. The SMILES string of the molecule is Cc1ccccc1C(N)Cc1ccnc(N)c1. The van der Waals surface area contributed by atoms with Crippen molar-refractivity contribution in [3.63, 3.8) is 0 Å². The van der Waals surface area contributed by atoms with Crippen LogP contribution in [0.3, 0.4) is 0 Å². The molecule has 1 atom stereocenters. The summed E-state index contributed by atoms with van der Waals surface area (Å²) in [6.07, 6.45) is 2.49. The van der Waals surface area contributed by atoms with Crippen molar-refractivity contribution < 1.29 is 0 Å². The first-order chi connectivity index (χ1) is 8.16. The zero-order chi connectivity index (χ0) is 12.3. The van der Waals surface area contributed by atoms with Crippen molar-refractivity contribution in [2.24, 2.45) is 5.73 Å². The fraction of sp³-hybridized carbons (Fsp3) is 0.214. The average Bonchev–Trinajstić information content (AvgIpc) is 2.29. The molecule has 88 valence electrons. The summed E-state index contributed by atoms with van der Waals surface area (Å²) in [5.74, 6) is 0.541. The quantitative estimate of drug-likeness (QED) is 0.845. The summed E-state index contributed by atoms with van der Waals surface area (Å²) in [6.45, 7) is 2.08. The number of nitrogen functional groups attached to an aromatic ring is 1. The Morgan fingerprint density at radius 1 is 1.24 bits per heavy atom. The van der Waals surface area contributed by atoms with Gasteiger partial charge in [0.05, 0.1) is 0 Å². The lowest BCUT2D eigenvalue weighted by atomic mass is 9.96. The minimum atomic E-state index is -0.00185. The Morgan fingerprint density at radius 2 is 2.00 bits per heavy atom. The molecule has 3 heteroatoms. The van der Waals surface area contributed by atoms with Gasteiger partial charge in [-0.15, -0.1) is 0 Å². The van der Waals surface area contributed by atoms with Crippen LogP contribution < -0.4 is 11.5 Å². The van der Waals surface area contributed by atoms with Crippen molar-refractivity contribution in [2.75, 3.05) is 5.73 Å². The minimum Gasteiger partial charge on any atom is -0.384 e. The standard InChI is InChI=1S/C14H17N3/c1-10-4-2-3-5-12(10)13(15)8-11-6-7-17-14(16)9-11/h2-7,9,13H,8,15H2,1H3,(H2,16,17). The molecular weight excluding hydrogens is 210 g/mol. The van der Waals surface area contributed by atoms with Crippen LogP contribution in [0.25, 0.3) is 0 Å². The van der Waals surface area contributed by atoms with Crippen molar-refractivity contribution in [1.82, 2.24) is 4.98 Å². The van der Waals surface area contributed by atoms with Gasteiger partial charge in [0.25, 0.3) is 0 Å². The number of pyridine rings is 1. The number of benzene rings is 1. The van der Waals surface area contributed by atoms with Crippen LogP contribution in [0.2, 0.25) is 0 Å². The number of hydrogen-bond donors (Lipinski definition) is 2. The van der Waals surface area contributed by atoms with Gasteiger partial charge in [0.15, 0.2) is 0 Å². The van der Waals surface area contributed by atoms with Gasteiger partial charge in [0.1, 0.15) is 5.82 Å². The lowest BCUT2D eigenvalue weighted by Gasteiger charge is -2.14. The zero-order valence-corrected chi connectivity index (χ0v) is 9.93. The summed E-state index contributed by atoms with van der Waals surface area (Å²) in [6, 6.07) is 12.0. The molecule has 0 radical (unpaired) electrons. The summed E-state index contributed by atoms with van der Waals surface area (Å²) >= 11 is 0. The van der Waals surface area contributed by atoms with E-state index in [4.69, 9.17) is 11.5 Å². The molecule has 0 saturated carbocycles. The fourth-order valence-electron chi connectivity index (χ4n) is 1.99. The minimum absolute atomic E-state index is 0.00185. The molecule has 1 aromatic carbocycles. The van der Waals surface area contributed by atoms with Crippen molar-refractivity contribution in [3.05, 3.63) is 59.3 Å². The Balaban J connectivity index is 2.17. The van der Waals surface area contributed by atoms with E-state index in [9.17, 15) is 0 Å². The molecule has 0 spiro atoms. The smallest absolute Gasteiger partial charge is 0.123 e. The van der Waals surface area contributed by atoms with E-state index >= 15 is 0 Å². The van der Waals surface area contributed by atoms with E-state index in [1.54, 1.807) is 6.20 Å². The van der Waals surface area contributed by atoms with E-state index < -0.39 is 0 Å². The molecule has 0 bridgehead atoms. The normalized spacial score (nSPS) is 12.4. The Bertz CT molecular complexity index is 508. The van der Waals surface area contributed by atoms with E-state index in [0.29, 0.717) is 5.82 Å². The first-order valence-corrected chi connectivity index (χ1v) is 5.68. The number of anilines is 1. The topological polar surface area (TPSA) is 64.9 Å². The Morgan fingerprint density at radius 3 is 2.71 bits per heavy atom. The van der Waals surface area contributed by atoms with Crippen LogP contribution in [0.5, 0.6) is 0 Å². The maximum absolute atomic E-state index is 6.22.